The van der Waals surface area contributed by atoms with E-state index < -0.39 is 0 Å². The van der Waals surface area contributed by atoms with Gasteiger partial charge >= 0.3 is 0 Å². The monoisotopic (exact) mass is 214 g/mol. The van der Waals surface area contributed by atoms with Gasteiger partial charge in [-0.1, -0.05) is 24.3 Å². The maximum Gasteiger partial charge on any atom is 0.146 e. The van der Waals surface area contributed by atoms with Crippen LogP contribution in [0.5, 0.6) is 0 Å². The lowest BCUT2D eigenvalue weighted by atomic mass is 9.75. The molecule has 0 aromatic carbocycles. The Morgan fingerprint density at radius 3 is 1.44 bits per heavy atom. The van der Waals surface area contributed by atoms with Crippen molar-refractivity contribution < 1.29 is 9.59 Å². The molecule has 0 radical (unpaired) electrons. The molecule has 0 aromatic rings. The predicted octanol–water partition coefficient (Wildman–Crippen LogP) is 1.77. The fourth-order valence-electron chi connectivity index (χ4n) is 4.24. The van der Waals surface area contributed by atoms with E-state index in [9.17, 15) is 9.59 Å². The normalized spacial score (nSPS) is 52.2. The van der Waals surface area contributed by atoms with Gasteiger partial charge in [0.1, 0.15) is 11.6 Å². The average molecular weight is 214 g/mol. The Labute approximate surface area is 94.4 Å². The lowest BCUT2D eigenvalue weighted by molar-refractivity contribution is -0.123. The molecule has 4 aliphatic rings. The van der Waals surface area contributed by atoms with E-state index in [1.807, 2.05) is 0 Å². The van der Waals surface area contributed by atoms with Crippen LogP contribution < -0.4 is 0 Å². The molecule has 0 spiro atoms. The summed E-state index contributed by atoms with van der Waals surface area (Å²) < 4.78 is 0. The molecule has 2 saturated carbocycles. The first kappa shape index (κ1) is 8.91. The van der Waals surface area contributed by atoms with Gasteiger partial charge in [0.25, 0.3) is 0 Å². The van der Waals surface area contributed by atoms with E-state index in [-0.39, 0.29) is 23.7 Å². The molecular weight excluding hydrogens is 200 g/mol. The number of allylic oxidation sites excluding steroid dienone is 4. The first-order chi connectivity index (χ1) is 7.75. The Morgan fingerprint density at radius 1 is 0.750 bits per heavy atom. The smallest absolute Gasteiger partial charge is 0.146 e. The minimum atomic E-state index is 0.135. The number of Topliss-reactive ketones (excluding diaryl/α,β-unsaturated/α-hetero) is 2. The molecule has 2 heteroatoms. The van der Waals surface area contributed by atoms with Crippen molar-refractivity contribution in [1.82, 2.24) is 0 Å². The number of fused-ring (bicyclic) bond motifs is 4. The van der Waals surface area contributed by atoms with Crippen LogP contribution in [-0.2, 0) is 9.59 Å². The van der Waals surface area contributed by atoms with Crippen molar-refractivity contribution >= 4 is 11.6 Å². The summed E-state index contributed by atoms with van der Waals surface area (Å²) in [6, 6.07) is 0. The number of ketones is 2. The summed E-state index contributed by atoms with van der Waals surface area (Å²) in [7, 11) is 0. The molecule has 4 aliphatic carbocycles. The van der Waals surface area contributed by atoms with Gasteiger partial charge in [0, 0.05) is 23.7 Å². The van der Waals surface area contributed by atoms with Gasteiger partial charge in [0.2, 0.25) is 0 Å². The molecule has 16 heavy (non-hydrogen) atoms. The number of carbonyl (C=O) groups is 2. The zero-order chi connectivity index (χ0) is 10.9. The summed E-state index contributed by atoms with van der Waals surface area (Å²) in [4.78, 5) is 23.7. The van der Waals surface area contributed by atoms with Crippen LogP contribution in [0.15, 0.2) is 24.3 Å². The Morgan fingerprint density at radius 2 is 1.19 bits per heavy atom. The highest BCUT2D eigenvalue weighted by Crippen LogP contribution is 2.53. The fourth-order valence-corrected chi connectivity index (χ4v) is 4.24. The van der Waals surface area contributed by atoms with Gasteiger partial charge in [-0.3, -0.25) is 9.59 Å². The van der Waals surface area contributed by atoms with Crippen molar-refractivity contribution in [2.45, 2.75) is 12.8 Å². The van der Waals surface area contributed by atoms with E-state index in [2.05, 4.69) is 24.3 Å². The number of hydrogen-bond donors (Lipinski definition) is 0. The first-order valence-corrected chi connectivity index (χ1v) is 6.20. The van der Waals surface area contributed by atoms with Gasteiger partial charge in [-0.2, -0.15) is 0 Å². The first-order valence-electron chi connectivity index (χ1n) is 6.20. The summed E-state index contributed by atoms with van der Waals surface area (Å²) in [5.74, 6) is 2.33. The quantitative estimate of drug-likeness (QED) is 0.623. The number of carbonyl (C=O) groups excluding carboxylic acids is 2. The van der Waals surface area contributed by atoms with Crippen LogP contribution in [0.4, 0.5) is 0 Å². The molecule has 2 nitrogen and oxygen atoms in total. The second-order valence-electron chi connectivity index (χ2n) is 5.64. The summed E-state index contributed by atoms with van der Waals surface area (Å²) in [5, 5.41) is 0. The highest BCUT2D eigenvalue weighted by atomic mass is 16.1. The molecule has 0 N–H and O–H groups in total. The van der Waals surface area contributed by atoms with Crippen molar-refractivity contribution in [2.75, 3.05) is 0 Å². The highest BCUT2D eigenvalue weighted by molar-refractivity contribution is 5.94. The summed E-state index contributed by atoms with van der Waals surface area (Å²) >= 11 is 0. The Bertz CT molecular complexity index is 404. The van der Waals surface area contributed by atoms with Crippen molar-refractivity contribution in [3.8, 4) is 0 Å². The van der Waals surface area contributed by atoms with E-state index in [0.717, 1.165) is 12.8 Å². The van der Waals surface area contributed by atoms with Crippen molar-refractivity contribution in [2.24, 2.45) is 35.5 Å². The Balaban J connectivity index is 1.65. The zero-order valence-electron chi connectivity index (χ0n) is 9.00. The maximum atomic E-state index is 11.9. The average Bonchev–Trinajstić information content (AvgIpc) is 3.01. The molecule has 4 rings (SSSR count). The molecule has 0 aliphatic heterocycles. The molecule has 4 bridgehead atoms. The van der Waals surface area contributed by atoms with Crippen LogP contribution >= 0.6 is 0 Å². The standard InChI is InChI=1S/C14H14O2/c15-13-7-1-3-9(13)11(5-7)12-6-8-2-4-10(12)14(8)16/h1-4,7-12H,5-6H2. The van der Waals surface area contributed by atoms with Crippen molar-refractivity contribution in [3.05, 3.63) is 24.3 Å². The van der Waals surface area contributed by atoms with E-state index in [1.165, 1.54) is 0 Å². The topological polar surface area (TPSA) is 34.1 Å². The second-order valence-corrected chi connectivity index (χ2v) is 5.64. The van der Waals surface area contributed by atoms with Gasteiger partial charge < -0.3 is 0 Å². The molecule has 6 atom stereocenters. The van der Waals surface area contributed by atoms with Gasteiger partial charge in [-0.25, -0.2) is 0 Å². The highest BCUT2D eigenvalue weighted by Gasteiger charge is 2.53. The molecule has 0 saturated heterocycles. The van der Waals surface area contributed by atoms with E-state index in [4.69, 9.17) is 0 Å². The molecule has 6 unspecified atom stereocenters. The largest absolute Gasteiger partial charge is 0.298 e. The molecule has 82 valence electrons. The molecule has 0 amide bonds. The van der Waals surface area contributed by atoms with Crippen molar-refractivity contribution in [1.29, 1.82) is 0 Å². The number of hydrogen-bond acceptors (Lipinski definition) is 2. The van der Waals surface area contributed by atoms with Crippen LogP contribution in [0.1, 0.15) is 12.8 Å². The van der Waals surface area contributed by atoms with Crippen LogP contribution in [0, 0.1) is 35.5 Å². The second kappa shape index (κ2) is 2.73. The molecular formula is C14H14O2. The minimum absolute atomic E-state index is 0.135. The molecule has 0 heterocycles. The fraction of sp³-hybridized carbons (Fsp3) is 0.571. The van der Waals surface area contributed by atoms with Crippen LogP contribution in [0.3, 0.4) is 0 Å². The van der Waals surface area contributed by atoms with E-state index >= 15 is 0 Å². The third kappa shape index (κ3) is 0.892. The van der Waals surface area contributed by atoms with Gasteiger partial charge in [-0.15, -0.1) is 0 Å². The van der Waals surface area contributed by atoms with Crippen LogP contribution in [-0.4, -0.2) is 11.6 Å². The third-order valence-corrected chi connectivity index (χ3v) is 5.01. The van der Waals surface area contributed by atoms with Gasteiger partial charge in [0.15, 0.2) is 0 Å². The Hall–Kier alpha value is -1.18. The Kier molecular flexibility index (Phi) is 1.52. The lowest BCUT2D eigenvalue weighted by Crippen LogP contribution is -2.25. The van der Waals surface area contributed by atoms with Crippen molar-refractivity contribution in [3.63, 3.8) is 0 Å². The van der Waals surface area contributed by atoms with Crippen LogP contribution in [0.2, 0.25) is 0 Å². The SMILES string of the molecule is O=C1C2C=CC1C(C1CC3C=CC1C3=O)C2. The van der Waals surface area contributed by atoms with Gasteiger partial charge in [-0.05, 0) is 24.7 Å². The van der Waals surface area contributed by atoms with E-state index in [0.29, 0.717) is 23.4 Å². The molecule has 0 aromatic heterocycles. The third-order valence-electron chi connectivity index (χ3n) is 5.01. The summed E-state index contributed by atoms with van der Waals surface area (Å²) in [6.07, 6.45) is 10.3. The predicted molar refractivity (Wildman–Crippen MR) is 58.5 cm³/mol. The summed E-state index contributed by atoms with van der Waals surface area (Å²) in [5.41, 5.74) is 0. The van der Waals surface area contributed by atoms with Crippen LogP contribution in [0.25, 0.3) is 0 Å². The van der Waals surface area contributed by atoms with E-state index in [1.54, 1.807) is 0 Å². The lowest BCUT2D eigenvalue weighted by Gasteiger charge is -2.27. The zero-order valence-corrected chi connectivity index (χ0v) is 9.00. The van der Waals surface area contributed by atoms with Gasteiger partial charge in [0.05, 0.1) is 0 Å². The number of rotatable bonds is 1. The maximum absolute atomic E-state index is 11.9. The minimum Gasteiger partial charge on any atom is -0.298 e. The summed E-state index contributed by atoms with van der Waals surface area (Å²) in [6.45, 7) is 0. The molecule has 2 fully saturated rings.